The molecule has 0 aliphatic rings. The summed E-state index contributed by atoms with van der Waals surface area (Å²) in [5.41, 5.74) is 4.74. The average Bonchev–Trinajstić information content (AvgIpc) is 2.68. The van der Waals surface area contributed by atoms with Gasteiger partial charge in [0, 0.05) is 28.4 Å². The highest BCUT2D eigenvalue weighted by Crippen LogP contribution is 2.32. The third-order valence-electron chi connectivity index (χ3n) is 4.23. The molecule has 0 amide bonds. The van der Waals surface area contributed by atoms with Gasteiger partial charge in [-0.3, -0.25) is 4.98 Å². The van der Waals surface area contributed by atoms with Gasteiger partial charge in [0.25, 0.3) is 0 Å². The first-order chi connectivity index (χ1) is 12.7. The van der Waals surface area contributed by atoms with Crippen LogP contribution < -0.4 is 10.9 Å². The monoisotopic (exact) mass is 360 g/mol. The van der Waals surface area contributed by atoms with Gasteiger partial charge in [-0.2, -0.15) is 0 Å². The highest BCUT2D eigenvalue weighted by atomic mass is 35.5. The van der Waals surface area contributed by atoms with Gasteiger partial charge in [-0.25, -0.2) is 10.8 Å². The van der Waals surface area contributed by atoms with Crippen LogP contribution in [0.5, 0.6) is 0 Å². The van der Waals surface area contributed by atoms with E-state index >= 15 is 0 Å². The van der Waals surface area contributed by atoms with Crippen molar-refractivity contribution in [2.75, 3.05) is 5.01 Å². The van der Waals surface area contributed by atoms with Gasteiger partial charge >= 0.3 is 0 Å². The van der Waals surface area contributed by atoms with Crippen molar-refractivity contribution in [3.8, 4) is 11.3 Å². The third-order valence-corrected chi connectivity index (χ3v) is 4.47. The normalized spacial score (nSPS) is 10.8. The first-order valence-electron chi connectivity index (χ1n) is 8.27. The molecule has 2 heterocycles. The maximum absolute atomic E-state index is 6.43. The van der Waals surface area contributed by atoms with Gasteiger partial charge in [0.05, 0.1) is 23.4 Å². The van der Waals surface area contributed by atoms with E-state index in [1.165, 1.54) is 0 Å². The summed E-state index contributed by atoms with van der Waals surface area (Å²) < 4.78 is 0. The number of fused-ring (bicyclic) bond motifs is 1. The Morgan fingerprint density at radius 3 is 2.46 bits per heavy atom. The van der Waals surface area contributed by atoms with Crippen LogP contribution in [0, 0.1) is 0 Å². The van der Waals surface area contributed by atoms with Gasteiger partial charge < -0.3 is 5.01 Å². The molecule has 0 saturated carbocycles. The van der Waals surface area contributed by atoms with Gasteiger partial charge in [-0.15, -0.1) is 0 Å². The third kappa shape index (κ3) is 3.38. The number of pyridine rings is 2. The van der Waals surface area contributed by atoms with Crippen LogP contribution in [0.2, 0.25) is 5.02 Å². The van der Waals surface area contributed by atoms with Crippen LogP contribution in [-0.4, -0.2) is 9.97 Å². The van der Waals surface area contributed by atoms with Crippen LogP contribution in [0.15, 0.2) is 79.1 Å². The quantitative estimate of drug-likeness (QED) is 0.418. The van der Waals surface area contributed by atoms with E-state index in [1.807, 2.05) is 66.7 Å². The fourth-order valence-corrected chi connectivity index (χ4v) is 3.12. The number of hydrazine groups is 1. The standard InChI is InChI=1S/C21H17ClN4/c22-17-6-7-19-18(12-17)21(26(23)14-15-8-10-24-11-9-15)13-20(25-19)16-4-2-1-3-5-16/h1-13H,14,23H2. The highest BCUT2D eigenvalue weighted by molar-refractivity contribution is 6.31. The minimum Gasteiger partial charge on any atom is -0.306 e. The first-order valence-corrected chi connectivity index (χ1v) is 8.65. The highest BCUT2D eigenvalue weighted by Gasteiger charge is 2.12. The Morgan fingerprint density at radius 1 is 0.923 bits per heavy atom. The van der Waals surface area contributed by atoms with E-state index in [0.29, 0.717) is 11.6 Å². The van der Waals surface area contributed by atoms with Crippen LogP contribution in [-0.2, 0) is 6.54 Å². The number of benzene rings is 2. The van der Waals surface area contributed by atoms with Crippen molar-refractivity contribution in [1.29, 1.82) is 0 Å². The summed E-state index contributed by atoms with van der Waals surface area (Å²) in [6, 6.07) is 21.7. The number of anilines is 1. The van der Waals surface area contributed by atoms with E-state index in [2.05, 4.69) is 4.98 Å². The molecule has 128 valence electrons. The predicted molar refractivity (Wildman–Crippen MR) is 107 cm³/mol. The maximum Gasteiger partial charge on any atom is 0.0731 e. The van der Waals surface area contributed by atoms with Gasteiger partial charge in [0.15, 0.2) is 0 Å². The molecule has 2 N–H and O–H groups in total. The maximum atomic E-state index is 6.43. The topological polar surface area (TPSA) is 55.0 Å². The molecule has 4 rings (SSSR count). The molecule has 0 fully saturated rings. The van der Waals surface area contributed by atoms with Gasteiger partial charge in [0.1, 0.15) is 0 Å². The minimum absolute atomic E-state index is 0.558. The van der Waals surface area contributed by atoms with Crippen molar-refractivity contribution in [3.63, 3.8) is 0 Å². The second-order valence-electron chi connectivity index (χ2n) is 6.04. The molecule has 4 nitrogen and oxygen atoms in total. The Bertz CT molecular complexity index is 1040. The lowest BCUT2D eigenvalue weighted by molar-refractivity contribution is 0.855. The molecule has 0 bridgehead atoms. The zero-order chi connectivity index (χ0) is 17.9. The molecule has 0 radical (unpaired) electrons. The van der Waals surface area contributed by atoms with Crippen LogP contribution in [0.1, 0.15) is 5.56 Å². The molecule has 2 aromatic carbocycles. The molecule has 0 unspecified atom stereocenters. The zero-order valence-corrected chi connectivity index (χ0v) is 14.8. The Kier molecular flexibility index (Phi) is 4.52. The van der Waals surface area contributed by atoms with Crippen molar-refractivity contribution in [2.45, 2.75) is 6.54 Å². The largest absolute Gasteiger partial charge is 0.306 e. The number of rotatable bonds is 4. The van der Waals surface area contributed by atoms with Gasteiger partial charge in [-0.05, 0) is 42.0 Å². The smallest absolute Gasteiger partial charge is 0.0731 e. The van der Waals surface area contributed by atoms with E-state index < -0.39 is 0 Å². The van der Waals surface area contributed by atoms with E-state index in [4.69, 9.17) is 22.4 Å². The molecule has 0 aliphatic carbocycles. The Hall–Kier alpha value is -2.95. The van der Waals surface area contributed by atoms with Gasteiger partial charge in [0.2, 0.25) is 0 Å². The summed E-state index contributed by atoms with van der Waals surface area (Å²) in [6.45, 7) is 0.558. The summed E-state index contributed by atoms with van der Waals surface area (Å²) in [4.78, 5) is 8.84. The molecule has 5 heteroatoms. The lowest BCUT2D eigenvalue weighted by Gasteiger charge is -2.21. The number of hydrogen-bond donors (Lipinski definition) is 1. The van der Waals surface area contributed by atoms with Gasteiger partial charge in [-0.1, -0.05) is 41.9 Å². The van der Waals surface area contributed by atoms with Crippen molar-refractivity contribution < 1.29 is 0 Å². The fraction of sp³-hybridized carbons (Fsp3) is 0.0476. The number of hydrogen-bond acceptors (Lipinski definition) is 4. The molecule has 0 spiro atoms. The number of nitrogens with two attached hydrogens (primary N) is 1. The number of nitrogens with zero attached hydrogens (tertiary/aromatic N) is 3. The summed E-state index contributed by atoms with van der Waals surface area (Å²) in [5.74, 6) is 6.43. The van der Waals surface area contributed by atoms with Crippen LogP contribution in [0.4, 0.5) is 5.69 Å². The minimum atomic E-state index is 0.558. The molecule has 26 heavy (non-hydrogen) atoms. The predicted octanol–water partition coefficient (Wildman–Crippen LogP) is 4.83. The lowest BCUT2D eigenvalue weighted by Crippen LogP contribution is -2.30. The first kappa shape index (κ1) is 16.5. The summed E-state index contributed by atoms with van der Waals surface area (Å²) in [5, 5.41) is 3.31. The SMILES string of the molecule is NN(Cc1ccncc1)c1cc(-c2ccccc2)nc2ccc(Cl)cc12. The number of halogens is 1. The Labute approximate surface area is 156 Å². The average molecular weight is 361 g/mol. The van der Waals surface area contributed by atoms with Crippen molar-refractivity contribution in [2.24, 2.45) is 5.84 Å². The van der Waals surface area contributed by atoms with Crippen molar-refractivity contribution >= 4 is 28.2 Å². The van der Waals surface area contributed by atoms with Crippen LogP contribution in [0.3, 0.4) is 0 Å². The molecular formula is C21H17ClN4. The number of aromatic nitrogens is 2. The van der Waals surface area contributed by atoms with Crippen molar-refractivity contribution in [3.05, 3.63) is 89.7 Å². The lowest BCUT2D eigenvalue weighted by atomic mass is 10.1. The molecule has 0 saturated heterocycles. The van der Waals surface area contributed by atoms with E-state index in [0.717, 1.165) is 33.4 Å². The second-order valence-corrected chi connectivity index (χ2v) is 6.47. The zero-order valence-electron chi connectivity index (χ0n) is 14.0. The molecule has 0 aliphatic heterocycles. The van der Waals surface area contributed by atoms with E-state index in [9.17, 15) is 0 Å². The second kappa shape index (κ2) is 7.12. The molecule has 0 atom stereocenters. The summed E-state index contributed by atoms with van der Waals surface area (Å²) in [7, 11) is 0. The molecule has 4 aromatic rings. The Balaban J connectivity index is 1.84. The van der Waals surface area contributed by atoms with E-state index in [1.54, 1.807) is 17.4 Å². The van der Waals surface area contributed by atoms with Crippen molar-refractivity contribution in [1.82, 2.24) is 9.97 Å². The molecule has 2 aromatic heterocycles. The fourth-order valence-electron chi connectivity index (χ4n) is 2.94. The summed E-state index contributed by atoms with van der Waals surface area (Å²) >= 11 is 6.22. The van der Waals surface area contributed by atoms with E-state index in [-0.39, 0.29) is 0 Å². The Morgan fingerprint density at radius 2 is 1.69 bits per heavy atom. The molecular weight excluding hydrogens is 344 g/mol. The van der Waals surface area contributed by atoms with Crippen LogP contribution in [0.25, 0.3) is 22.2 Å². The van der Waals surface area contributed by atoms with Crippen LogP contribution >= 0.6 is 11.6 Å². The summed E-state index contributed by atoms with van der Waals surface area (Å²) in [6.07, 6.45) is 3.53.